The van der Waals surface area contributed by atoms with E-state index in [2.05, 4.69) is 22.8 Å². The summed E-state index contributed by atoms with van der Waals surface area (Å²) in [6, 6.07) is 0. The van der Waals surface area contributed by atoms with Crippen molar-refractivity contribution in [1.29, 1.82) is 0 Å². The van der Waals surface area contributed by atoms with Crippen molar-refractivity contribution in [2.24, 2.45) is 0 Å². The Morgan fingerprint density at radius 2 is 0.857 bits per heavy atom. The molecule has 126 valence electrons. The second kappa shape index (κ2) is 19.0. The molecule has 0 aliphatic carbocycles. The predicted octanol–water partition coefficient (Wildman–Crippen LogP) is 8.25. The quantitative estimate of drug-likeness (QED) is 0.194. The third kappa shape index (κ3) is 21.0. The summed E-state index contributed by atoms with van der Waals surface area (Å²) in [5.74, 6) is 1.23. The van der Waals surface area contributed by atoms with Crippen molar-refractivity contribution in [3.05, 3.63) is 0 Å². The van der Waals surface area contributed by atoms with Crippen LogP contribution in [0.4, 0.5) is 0 Å². The van der Waals surface area contributed by atoms with Crippen LogP contribution in [0.25, 0.3) is 0 Å². The maximum atomic E-state index is 4.37. The summed E-state index contributed by atoms with van der Waals surface area (Å²) in [6.45, 7) is 2.29. The molecule has 0 N–H and O–H groups in total. The van der Waals surface area contributed by atoms with Gasteiger partial charge < -0.3 is 0 Å². The molecule has 0 aromatic carbocycles. The van der Waals surface area contributed by atoms with Crippen molar-refractivity contribution in [2.45, 2.75) is 110 Å². The molecular formula is C18H38P2S. The zero-order valence-electron chi connectivity index (χ0n) is 14.4. The number of unbranched alkanes of at least 4 members (excludes halogenated alkanes) is 15. The summed E-state index contributed by atoms with van der Waals surface area (Å²) in [6.07, 6.45) is 23.1. The fourth-order valence-electron chi connectivity index (χ4n) is 2.79. The summed E-state index contributed by atoms with van der Waals surface area (Å²) >= 11 is 0. The first-order chi connectivity index (χ1) is 10.3. The Hall–Kier alpha value is 0.950. The Kier molecular flexibility index (Phi) is 19.9. The van der Waals surface area contributed by atoms with Gasteiger partial charge in [-0.3, -0.25) is 0 Å². The van der Waals surface area contributed by atoms with Crippen molar-refractivity contribution in [1.82, 2.24) is 0 Å². The Labute approximate surface area is 140 Å². The van der Waals surface area contributed by atoms with E-state index in [-0.39, 0.29) is 9.05 Å². The monoisotopic (exact) mass is 348 g/mol. The van der Waals surface area contributed by atoms with E-state index < -0.39 is 0 Å². The summed E-state index contributed by atoms with van der Waals surface area (Å²) in [7, 11) is 8.09. The van der Waals surface area contributed by atoms with E-state index >= 15 is 0 Å². The van der Waals surface area contributed by atoms with Gasteiger partial charge in [0, 0.05) is 0 Å². The molecule has 0 spiro atoms. The van der Waals surface area contributed by atoms with Crippen LogP contribution in [0.2, 0.25) is 0 Å². The van der Waals surface area contributed by atoms with Crippen LogP contribution in [0.15, 0.2) is 0 Å². The molecule has 0 aromatic heterocycles. The molecule has 21 heavy (non-hydrogen) atoms. The molecule has 0 nitrogen and oxygen atoms in total. The first-order valence-corrected chi connectivity index (χ1v) is 13.1. The molecule has 0 rings (SSSR count). The van der Waals surface area contributed by atoms with Crippen molar-refractivity contribution in [3.63, 3.8) is 0 Å². The van der Waals surface area contributed by atoms with E-state index in [4.69, 9.17) is 0 Å². The van der Waals surface area contributed by atoms with Crippen molar-refractivity contribution >= 4 is 24.9 Å². The molecule has 0 radical (unpaired) electrons. The van der Waals surface area contributed by atoms with E-state index in [1.807, 2.05) is 0 Å². The summed E-state index contributed by atoms with van der Waals surface area (Å²) in [5.41, 5.74) is 0. The fraction of sp³-hybridized carbons (Fsp3) is 1.00. The Balaban J connectivity index is 2.97. The number of hydrogen-bond acceptors (Lipinski definition) is 0. The van der Waals surface area contributed by atoms with E-state index in [1.165, 1.54) is 108 Å². The first kappa shape index (κ1) is 21.9. The van der Waals surface area contributed by atoms with Gasteiger partial charge in [-0.25, -0.2) is 0 Å². The summed E-state index contributed by atoms with van der Waals surface area (Å²) < 4.78 is 0. The molecule has 0 atom stereocenters. The van der Waals surface area contributed by atoms with Gasteiger partial charge in [0.1, 0.15) is 0 Å². The molecule has 0 unspecified atom stereocenters. The second-order valence-corrected chi connectivity index (χ2v) is 11.3. The zero-order valence-corrected chi connectivity index (χ0v) is 17.1. The summed E-state index contributed by atoms with van der Waals surface area (Å²) in [4.78, 5) is 0. The molecular weight excluding hydrogens is 310 g/mol. The van der Waals surface area contributed by atoms with Gasteiger partial charge in [-0.2, -0.15) is 0 Å². The van der Waals surface area contributed by atoms with Gasteiger partial charge in [0.15, 0.2) is 0 Å². The molecule has 0 saturated heterocycles. The number of rotatable bonds is 16. The van der Waals surface area contributed by atoms with Crippen LogP contribution in [0.3, 0.4) is 0 Å². The minimum absolute atomic E-state index is 0.167. The molecule has 0 fully saturated rings. The van der Waals surface area contributed by atoms with E-state index in [9.17, 15) is 0 Å². The number of hydrogen-bond donors (Lipinski definition) is 0. The van der Waals surface area contributed by atoms with Gasteiger partial charge in [0.2, 0.25) is 0 Å². The van der Waals surface area contributed by atoms with Crippen LogP contribution in [0, 0.1) is 0 Å². The van der Waals surface area contributed by atoms with Crippen molar-refractivity contribution < 1.29 is 0 Å². The van der Waals surface area contributed by atoms with Gasteiger partial charge in [-0.1, -0.05) is 45.4 Å². The summed E-state index contributed by atoms with van der Waals surface area (Å²) in [5, 5.41) is 0. The van der Waals surface area contributed by atoms with Crippen LogP contribution in [-0.4, -0.2) is 5.75 Å². The van der Waals surface area contributed by atoms with Crippen LogP contribution < -0.4 is 0 Å². The van der Waals surface area contributed by atoms with Crippen LogP contribution in [-0.2, 0) is 9.05 Å². The molecule has 0 bridgehead atoms. The third-order valence-corrected chi connectivity index (χ3v) is 6.03. The van der Waals surface area contributed by atoms with Gasteiger partial charge in [-0.05, 0) is 0 Å². The first-order valence-electron chi connectivity index (χ1n) is 9.38. The fourth-order valence-corrected chi connectivity index (χ4v) is 4.08. The molecule has 0 saturated carbocycles. The van der Waals surface area contributed by atoms with Gasteiger partial charge in [0.05, 0.1) is 0 Å². The molecule has 0 heterocycles. The van der Waals surface area contributed by atoms with Gasteiger partial charge >= 0.3 is 94.8 Å². The Morgan fingerprint density at radius 3 is 1.14 bits per heavy atom. The molecule has 3 heteroatoms. The topological polar surface area (TPSA) is 0 Å². The van der Waals surface area contributed by atoms with Crippen molar-refractivity contribution in [2.75, 3.05) is 5.75 Å². The van der Waals surface area contributed by atoms with E-state index in [0.717, 1.165) is 0 Å². The van der Waals surface area contributed by atoms with Gasteiger partial charge in [0.25, 0.3) is 0 Å². The van der Waals surface area contributed by atoms with Crippen LogP contribution in [0.1, 0.15) is 110 Å². The molecule has 0 aliphatic heterocycles. The third-order valence-electron chi connectivity index (χ3n) is 4.19. The molecule has 0 aromatic rings. The second-order valence-electron chi connectivity index (χ2n) is 6.37. The zero-order chi connectivity index (χ0) is 15.6. The Morgan fingerprint density at radius 1 is 0.571 bits per heavy atom. The molecule has 0 aliphatic rings. The van der Waals surface area contributed by atoms with E-state index in [1.54, 1.807) is 0 Å². The maximum absolute atomic E-state index is 4.37. The average molecular weight is 349 g/mol. The van der Waals surface area contributed by atoms with Gasteiger partial charge in [-0.15, -0.1) is 0 Å². The van der Waals surface area contributed by atoms with Crippen LogP contribution in [0.5, 0.6) is 0 Å². The van der Waals surface area contributed by atoms with E-state index in [0.29, 0.717) is 0 Å². The normalized spacial score (nSPS) is 10.9. The Bertz CT molecular complexity index is 308. The SMILES string of the molecule is CCCCCCCCCCCCCCCCCCS(#P)=P. The average Bonchev–Trinajstić information content (AvgIpc) is 2.46. The minimum atomic E-state index is 0.167. The van der Waals surface area contributed by atoms with Crippen LogP contribution >= 0.6 is 15.8 Å². The van der Waals surface area contributed by atoms with Crippen molar-refractivity contribution in [3.8, 4) is 0 Å². The molecule has 0 amide bonds. The predicted molar refractivity (Wildman–Crippen MR) is 107 cm³/mol. The standard InChI is InChI=1S/C18H38P2S/c1-2-3-4-5-6-7-8-9-10-11-12-13-14-15-16-17-18-21(19)20/h19H,2-18H2,1H3.